The summed E-state index contributed by atoms with van der Waals surface area (Å²) in [5.74, 6) is 1.24. The van der Waals surface area contributed by atoms with Crippen molar-refractivity contribution in [2.45, 2.75) is 63.3 Å². The Labute approximate surface area is 126 Å². The van der Waals surface area contributed by atoms with Gasteiger partial charge in [0.15, 0.2) is 0 Å². The van der Waals surface area contributed by atoms with Crippen molar-refractivity contribution in [2.75, 3.05) is 13.1 Å². The average Bonchev–Trinajstić information content (AvgIpc) is 2.45. The molecule has 114 valence electrons. The zero-order chi connectivity index (χ0) is 13.0. The van der Waals surface area contributed by atoms with Crippen molar-refractivity contribution in [2.24, 2.45) is 11.8 Å². The first-order valence-corrected chi connectivity index (χ1v) is 7.99. The Morgan fingerprint density at radius 3 is 2.75 bits per heavy atom. The van der Waals surface area contributed by atoms with E-state index in [1.54, 1.807) is 0 Å². The number of hydrogen-bond donors (Lipinski definition) is 1. The monoisotopic (exact) mass is 300 g/mol. The van der Waals surface area contributed by atoms with Gasteiger partial charge in [0.1, 0.15) is 6.23 Å². The third kappa shape index (κ3) is 2.08. The lowest BCUT2D eigenvalue weighted by atomic mass is 9.70. The smallest absolute Gasteiger partial charge is 0.222 e. The zero-order valence-corrected chi connectivity index (χ0v) is 12.7. The molecular weight excluding hydrogens is 276 g/mol. The molecule has 0 spiro atoms. The van der Waals surface area contributed by atoms with E-state index in [1.807, 2.05) is 0 Å². The fraction of sp³-hybridized carbons (Fsp3) is 0.933. The molecule has 0 aromatic rings. The van der Waals surface area contributed by atoms with Crippen LogP contribution in [0.5, 0.6) is 0 Å². The van der Waals surface area contributed by atoms with Crippen LogP contribution >= 0.6 is 12.4 Å². The van der Waals surface area contributed by atoms with Crippen LogP contribution in [0.15, 0.2) is 0 Å². The molecule has 0 saturated carbocycles. The molecule has 4 aliphatic rings. The number of carbonyl (C=O) groups is 1. The number of fused-ring (bicyclic) bond motifs is 6. The van der Waals surface area contributed by atoms with Gasteiger partial charge < -0.3 is 10.0 Å². The lowest BCUT2D eigenvalue weighted by Gasteiger charge is -2.58. The normalized spacial score (nSPS) is 44.4. The minimum absolute atomic E-state index is 0. The summed E-state index contributed by atoms with van der Waals surface area (Å²) < 4.78 is 0. The van der Waals surface area contributed by atoms with Crippen LogP contribution < -0.4 is 0 Å². The van der Waals surface area contributed by atoms with E-state index in [9.17, 15) is 9.90 Å². The first-order chi connectivity index (χ1) is 9.25. The van der Waals surface area contributed by atoms with E-state index >= 15 is 0 Å². The first-order valence-electron chi connectivity index (χ1n) is 7.99. The summed E-state index contributed by atoms with van der Waals surface area (Å²) in [5.41, 5.74) is 0. The van der Waals surface area contributed by atoms with Crippen molar-refractivity contribution in [1.82, 2.24) is 9.80 Å². The van der Waals surface area contributed by atoms with Crippen LogP contribution in [0.1, 0.15) is 44.9 Å². The molecule has 0 aromatic carbocycles. The third-order valence-corrected chi connectivity index (χ3v) is 5.97. The van der Waals surface area contributed by atoms with Gasteiger partial charge in [-0.2, -0.15) is 0 Å². The molecule has 0 aliphatic carbocycles. The molecule has 1 N–H and O–H groups in total. The van der Waals surface area contributed by atoms with Gasteiger partial charge >= 0.3 is 0 Å². The molecule has 5 atom stereocenters. The Bertz CT molecular complexity index is 392. The first kappa shape index (κ1) is 14.6. The summed E-state index contributed by atoms with van der Waals surface area (Å²) in [7, 11) is 0. The second-order valence-corrected chi connectivity index (χ2v) is 6.88. The number of hydrogen-bond acceptors (Lipinski definition) is 3. The predicted octanol–water partition coefficient (Wildman–Crippen LogP) is 1.61. The van der Waals surface area contributed by atoms with Crippen LogP contribution in [-0.2, 0) is 4.79 Å². The minimum atomic E-state index is -0.305. The molecule has 4 nitrogen and oxygen atoms in total. The molecule has 20 heavy (non-hydrogen) atoms. The lowest BCUT2D eigenvalue weighted by molar-refractivity contribution is -0.185. The SMILES string of the molecule is Cl.O=C1CCCC2C3CC(CN12)C1CCCCN1C3O. The predicted molar refractivity (Wildman–Crippen MR) is 78.5 cm³/mol. The Morgan fingerprint density at radius 1 is 1.10 bits per heavy atom. The van der Waals surface area contributed by atoms with Crippen molar-refractivity contribution in [3.05, 3.63) is 0 Å². The lowest BCUT2D eigenvalue weighted by Crippen LogP contribution is -2.68. The molecule has 4 fully saturated rings. The summed E-state index contributed by atoms with van der Waals surface area (Å²) >= 11 is 0. The maximum atomic E-state index is 12.2. The van der Waals surface area contributed by atoms with Crippen molar-refractivity contribution in [3.63, 3.8) is 0 Å². The van der Waals surface area contributed by atoms with Gasteiger partial charge in [0, 0.05) is 37.5 Å². The minimum Gasteiger partial charge on any atom is -0.378 e. The van der Waals surface area contributed by atoms with Gasteiger partial charge in [0.2, 0.25) is 5.91 Å². The van der Waals surface area contributed by atoms with Gasteiger partial charge in [-0.05, 0) is 38.0 Å². The van der Waals surface area contributed by atoms with E-state index in [2.05, 4.69) is 9.80 Å². The maximum Gasteiger partial charge on any atom is 0.222 e. The Balaban J connectivity index is 0.00000121. The van der Waals surface area contributed by atoms with Gasteiger partial charge in [-0.3, -0.25) is 9.69 Å². The average molecular weight is 301 g/mol. The molecule has 4 saturated heterocycles. The van der Waals surface area contributed by atoms with Crippen LogP contribution in [0.4, 0.5) is 0 Å². The number of piperidine rings is 4. The molecule has 5 unspecified atom stereocenters. The third-order valence-electron chi connectivity index (χ3n) is 5.97. The molecule has 4 rings (SSSR count). The molecule has 2 bridgehead atoms. The molecular formula is C15H25ClN2O2. The molecule has 5 heteroatoms. The maximum absolute atomic E-state index is 12.2. The largest absolute Gasteiger partial charge is 0.378 e. The van der Waals surface area contributed by atoms with Gasteiger partial charge in [-0.1, -0.05) is 6.42 Å². The number of aliphatic hydroxyl groups is 1. The number of rotatable bonds is 0. The Morgan fingerprint density at radius 2 is 1.90 bits per heavy atom. The summed E-state index contributed by atoms with van der Waals surface area (Å²) in [6.07, 6.45) is 7.38. The van der Waals surface area contributed by atoms with Crippen LogP contribution in [0.3, 0.4) is 0 Å². The zero-order valence-electron chi connectivity index (χ0n) is 11.9. The van der Waals surface area contributed by atoms with Gasteiger partial charge in [0.25, 0.3) is 0 Å². The highest BCUT2D eigenvalue weighted by molar-refractivity contribution is 5.85. The number of carbonyl (C=O) groups excluding carboxylic acids is 1. The fourth-order valence-electron chi connectivity index (χ4n) is 5.12. The van der Waals surface area contributed by atoms with Crippen molar-refractivity contribution in [3.8, 4) is 0 Å². The fourth-order valence-corrected chi connectivity index (χ4v) is 5.12. The van der Waals surface area contributed by atoms with E-state index in [0.29, 0.717) is 29.8 Å². The van der Waals surface area contributed by atoms with Gasteiger partial charge in [0.05, 0.1) is 0 Å². The molecule has 0 radical (unpaired) electrons. The summed E-state index contributed by atoms with van der Waals surface area (Å²) in [6, 6.07) is 0.839. The van der Waals surface area contributed by atoms with Crippen LogP contribution in [0, 0.1) is 11.8 Å². The van der Waals surface area contributed by atoms with E-state index in [4.69, 9.17) is 0 Å². The number of nitrogens with zero attached hydrogens (tertiary/aromatic N) is 2. The van der Waals surface area contributed by atoms with Gasteiger partial charge in [-0.25, -0.2) is 0 Å². The van der Waals surface area contributed by atoms with E-state index in [-0.39, 0.29) is 18.6 Å². The van der Waals surface area contributed by atoms with Crippen LogP contribution in [0.25, 0.3) is 0 Å². The van der Waals surface area contributed by atoms with E-state index < -0.39 is 0 Å². The van der Waals surface area contributed by atoms with E-state index in [0.717, 1.165) is 38.8 Å². The Kier molecular flexibility index (Phi) is 3.99. The summed E-state index contributed by atoms with van der Waals surface area (Å²) in [5, 5.41) is 10.7. The highest BCUT2D eigenvalue weighted by Gasteiger charge is 2.52. The van der Waals surface area contributed by atoms with Crippen molar-refractivity contribution >= 4 is 18.3 Å². The van der Waals surface area contributed by atoms with E-state index in [1.165, 1.54) is 19.3 Å². The Hall–Kier alpha value is -0.320. The van der Waals surface area contributed by atoms with Gasteiger partial charge in [-0.15, -0.1) is 12.4 Å². The topological polar surface area (TPSA) is 43.8 Å². The number of halogens is 1. The number of aliphatic hydroxyl groups excluding tert-OH is 1. The van der Waals surface area contributed by atoms with Crippen molar-refractivity contribution in [1.29, 1.82) is 0 Å². The standard InChI is InChI=1S/C15H24N2O2.ClH/c18-14-6-3-5-13-11-8-10(9-17(13)14)12-4-1-2-7-16(12)15(11)19;/h10-13,15,19H,1-9H2;1H. The second kappa shape index (κ2) is 5.47. The quantitative estimate of drug-likeness (QED) is 0.739. The molecule has 4 aliphatic heterocycles. The molecule has 0 aromatic heterocycles. The molecule has 4 heterocycles. The van der Waals surface area contributed by atoms with Crippen LogP contribution in [-0.4, -0.2) is 52.2 Å². The summed E-state index contributed by atoms with van der Waals surface area (Å²) in [4.78, 5) is 16.6. The highest BCUT2D eigenvalue weighted by atomic mass is 35.5. The van der Waals surface area contributed by atoms with Crippen LogP contribution in [0.2, 0.25) is 0 Å². The van der Waals surface area contributed by atoms with Crippen molar-refractivity contribution < 1.29 is 9.90 Å². The highest BCUT2D eigenvalue weighted by Crippen LogP contribution is 2.45. The number of amides is 1. The second-order valence-electron chi connectivity index (χ2n) is 6.88. The summed E-state index contributed by atoms with van der Waals surface area (Å²) in [6.45, 7) is 2.01. The molecule has 1 amide bonds.